The molecule has 0 aliphatic carbocycles. The number of halogens is 2. The topological polar surface area (TPSA) is 47.7 Å². The second-order valence-corrected chi connectivity index (χ2v) is 4.40. The highest BCUT2D eigenvalue weighted by Crippen LogP contribution is 2.24. The Labute approximate surface area is 118 Å². The van der Waals surface area contributed by atoms with E-state index >= 15 is 0 Å². The Hall–Kier alpha value is -1.24. The van der Waals surface area contributed by atoms with Crippen molar-refractivity contribution in [3.8, 4) is 0 Å². The average molecular weight is 288 g/mol. The minimum atomic E-state index is -0.876. The van der Waals surface area contributed by atoms with Gasteiger partial charge in [0.1, 0.15) is 0 Å². The standard InChI is InChI=1S/C14H22F2N2O2/c1-19-8-3-6-18(7-9-20-2)12-5-4-11(10-17)13(15)14(12)16/h4-5H,3,6-10,17H2,1-2H3. The maximum atomic E-state index is 14.1. The van der Waals surface area contributed by atoms with Crippen LogP contribution in [0.4, 0.5) is 14.5 Å². The van der Waals surface area contributed by atoms with Gasteiger partial charge in [-0.3, -0.25) is 0 Å². The maximum absolute atomic E-state index is 14.1. The van der Waals surface area contributed by atoms with Crippen LogP contribution in [0.1, 0.15) is 12.0 Å². The third-order valence-electron chi connectivity index (χ3n) is 3.04. The lowest BCUT2D eigenvalue weighted by atomic mass is 10.1. The first-order valence-electron chi connectivity index (χ1n) is 6.55. The van der Waals surface area contributed by atoms with Crippen LogP contribution in [-0.4, -0.2) is 40.5 Å². The van der Waals surface area contributed by atoms with E-state index in [0.717, 1.165) is 6.42 Å². The number of rotatable bonds is 9. The molecule has 0 fully saturated rings. The van der Waals surface area contributed by atoms with E-state index in [1.807, 2.05) is 0 Å². The van der Waals surface area contributed by atoms with Gasteiger partial charge in [0.15, 0.2) is 11.6 Å². The van der Waals surface area contributed by atoms with Crippen LogP contribution in [0.2, 0.25) is 0 Å². The monoisotopic (exact) mass is 288 g/mol. The van der Waals surface area contributed by atoms with Gasteiger partial charge in [-0.2, -0.15) is 0 Å². The molecular weight excluding hydrogens is 266 g/mol. The molecule has 1 rings (SSSR count). The summed E-state index contributed by atoms with van der Waals surface area (Å²) in [4.78, 5) is 1.75. The van der Waals surface area contributed by atoms with Gasteiger partial charge in [-0.25, -0.2) is 8.78 Å². The third-order valence-corrected chi connectivity index (χ3v) is 3.04. The molecule has 4 nitrogen and oxygen atoms in total. The highest BCUT2D eigenvalue weighted by atomic mass is 19.2. The van der Waals surface area contributed by atoms with Crippen molar-refractivity contribution in [3.05, 3.63) is 29.3 Å². The molecule has 0 aliphatic rings. The average Bonchev–Trinajstić information content (AvgIpc) is 2.46. The molecule has 0 amide bonds. The van der Waals surface area contributed by atoms with E-state index in [4.69, 9.17) is 15.2 Å². The first kappa shape index (κ1) is 16.8. The lowest BCUT2D eigenvalue weighted by Gasteiger charge is -2.25. The zero-order valence-electron chi connectivity index (χ0n) is 12.0. The van der Waals surface area contributed by atoms with Crippen LogP contribution in [0.5, 0.6) is 0 Å². The molecule has 0 spiro atoms. The van der Waals surface area contributed by atoms with Crippen LogP contribution in [0.25, 0.3) is 0 Å². The minimum Gasteiger partial charge on any atom is -0.385 e. The number of methoxy groups -OCH3 is 2. The zero-order chi connectivity index (χ0) is 15.0. The van der Waals surface area contributed by atoms with E-state index in [9.17, 15) is 8.78 Å². The van der Waals surface area contributed by atoms with E-state index in [-0.39, 0.29) is 17.8 Å². The summed E-state index contributed by atoms with van der Waals surface area (Å²) in [6, 6.07) is 3.08. The molecule has 0 bridgehead atoms. The molecular formula is C14H22F2N2O2. The summed E-state index contributed by atoms with van der Waals surface area (Å²) in [6.07, 6.45) is 0.722. The molecule has 0 radical (unpaired) electrons. The molecule has 6 heteroatoms. The van der Waals surface area contributed by atoms with Gasteiger partial charge in [0, 0.05) is 46.0 Å². The lowest BCUT2D eigenvalue weighted by Crippen LogP contribution is -2.30. The molecule has 0 saturated heterocycles. The van der Waals surface area contributed by atoms with Crippen LogP contribution in [0.15, 0.2) is 12.1 Å². The van der Waals surface area contributed by atoms with Crippen molar-refractivity contribution in [1.82, 2.24) is 0 Å². The van der Waals surface area contributed by atoms with Crippen molar-refractivity contribution in [2.45, 2.75) is 13.0 Å². The minimum absolute atomic E-state index is 0.0230. The molecule has 1 aromatic rings. The summed E-state index contributed by atoms with van der Waals surface area (Å²) in [5.41, 5.74) is 5.77. The number of anilines is 1. The van der Waals surface area contributed by atoms with Crippen LogP contribution >= 0.6 is 0 Å². The van der Waals surface area contributed by atoms with Crippen LogP contribution in [0.3, 0.4) is 0 Å². The summed E-state index contributed by atoms with van der Waals surface area (Å²) in [5.74, 6) is -1.74. The van der Waals surface area contributed by atoms with Crippen LogP contribution in [-0.2, 0) is 16.0 Å². The van der Waals surface area contributed by atoms with Gasteiger partial charge in [-0.1, -0.05) is 6.07 Å². The molecule has 0 aromatic heterocycles. The van der Waals surface area contributed by atoms with Gasteiger partial charge in [0.05, 0.1) is 12.3 Å². The highest BCUT2D eigenvalue weighted by molar-refractivity contribution is 5.50. The number of nitrogens with two attached hydrogens (primary N) is 1. The Morgan fingerprint density at radius 1 is 1.05 bits per heavy atom. The van der Waals surface area contributed by atoms with Crippen LogP contribution < -0.4 is 10.6 Å². The number of hydrogen-bond acceptors (Lipinski definition) is 4. The SMILES string of the molecule is COCCCN(CCOC)c1ccc(CN)c(F)c1F. The Kier molecular flexibility index (Phi) is 7.43. The quantitative estimate of drug-likeness (QED) is 0.705. The normalized spacial score (nSPS) is 10.8. The van der Waals surface area contributed by atoms with Crippen molar-refractivity contribution in [2.75, 3.05) is 45.4 Å². The molecule has 1 aromatic carbocycles. The Balaban J connectivity index is 2.91. The maximum Gasteiger partial charge on any atom is 0.182 e. The van der Waals surface area contributed by atoms with Crippen molar-refractivity contribution in [3.63, 3.8) is 0 Å². The van der Waals surface area contributed by atoms with E-state index < -0.39 is 11.6 Å². The fourth-order valence-electron chi connectivity index (χ4n) is 1.94. The second kappa shape index (κ2) is 8.84. The molecule has 0 aliphatic heterocycles. The molecule has 0 heterocycles. The van der Waals surface area contributed by atoms with E-state index in [1.165, 1.54) is 6.07 Å². The third kappa shape index (κ3) is 4.40. The van der Waals surface area contributed by atoms with Gasteiger partial charge >= 0.3 is 0 Å². The fraction of sp³-hybridized carbons (Fsp3) is 0.571. The zero-order valence-corrected chi connectivity index (χ0v) is 12.0. The second-order valence-electron chi connectivity index (χ2n) is 4.40. The highest BCUT2D eigenvalue weighted by Gasteiger charge is 2.17. The smallest absolute Gasteiger partial charge is 0.182 e. The molecule has 20 heavy (non-hydrogen) atoms. The van der Waals surface area contributed by atoms with E-state index in [2.05, 4.69) is 0 Å². The number of hydrogen-bond donors (Lipinski definition) is 1. The first-order chi connectivity index (χ1) is 9.65. The summed E-state index contributed by atoms with van der Waals surface area (Å²) in [7, 11) is 3.18. The van der Waals surface area contributed by atoms with Gasteiger partial charge in [-0.15, -0.1) is 0 Å². The van der Waals surface area contributed by atoms with Crippen molar-refractivity contribution >= 4 is 5.69 Å². The Morgan fingerprint density at radius 3 is 2.35 bits per heavy atom. The predicted octanol–water partition coefficient (Wildman–Crippen LogP) is 1.91. The first-order valence-corrected chi connectivity index (χ1v) is 6.55. The van der Waals surface area contributed by atoms with Crippen molar-refractivity contribution in [2.24, 2.45) is 5.73 Å². The number of benzene rings is 1. The molecule has 114 valence electrons. The lowest BCUT2D eigenvalue weighted by molar-refractivity contribution is 0.191. The molecule has 2 N–H and O–H groups in total. The van der Waals surface area contributed by atoms with Gasteiger partial charge in [-0.05, 0) is 12.5 Å². The van der Waals surface area contributed by atoms with Crippen molar-refractivity contribution in [1.29, 1.82) is 0 Å². The van der Waals surface area contributed by atoms with Gasteiger partial charge in [0.25, 0.3) is 0 Å². The fourth-order valence-corrected chi connectivity index (χ4v) is 1.94. The Bertz CT molecular complexity index is 416. The summed E-state index contributed by atoms with van der Waals surface area (Å²) < 4.78 is 37.9. The number of ether oxygens (including phenoxy) is 2. The van der Waals surface area contributed by atoms with Crippen molar-refractivity contribution < 1.29 is 18.3 Å². The molecule has 0 atom stereocenters. The number of nitrogens with zero attached hydrogens (tertiary/aromatic N) is 1. The summed E-state index contributed by atoms with van der Waals surface area (Å²) >= 11 is 0. The van der Waals surface area contributed by atoms with Gasteiger partial charge < -0.3 is 20.1 Å². The molecule has 0 unspecified atom stereocenters. The van der Waals surface area contributed by atoms with Gasteiger partial charge in [0.2, 0.25) is 0 Å². The summed E-state index contributed by atoms with van der Waals surface area (Å²) in [5, 5.41) is 0. The van der Waals surface area contributed by atoms with E-state index in [1.54, 1.807) is 25.2 Å². The van der Waals surface area contributed by atoms with Crippen LogP contribution in [0, 0.1) is 11.6 Å². The predicted molar refractivity (Wildman–Crippen MR) is 74.8 cm³/mol. The van der Waals surface area contributed by atoms with E-state index in [0.29, 0.717) is 26.3 Å². The largest absolute Gasteiger partial charge is 0.385 e. The Morgan fingerprint density at radius 2 is 1.75 bits per heavy atom. The summed E-state index contributed by atoms with van der Waals surface area (Å²) in [6.45, 7) is 2.03. The molecule has 0 saturated carbocycles.